The Bertz CT molecular complexity index is 788. The zero-order chi connectivity index (χ0) is 17.0. The lowest BCUT2D eigenvalue weighted by molar-refractivity contribution is -0.116. The van der Waals surface area contributed by atoms with Gasteiger partial charge in [0.25, 0.3) is 5.56 Å². The van der Waals surface area contributed by atoms with Gasteiger partial charge in [-0.1, -0.05) is 18.2 Å². The van der Waals surface area contributed by atoms with Gasteiger partial charge in [0.15, 0.2) is 0 Å². The summed E-state index contributed by atoms with van der Waals surface area (Å²) in [4.78, 5) is 35.5. The smallest absolute Gasteiger partial charge is 0.339 e. The minimum Gasteiger partial charge on any atom is -0.465 e. The first kappa shape index (κ1) is 16.5. The van der Waals surface area contributed by atoms with Crippen molar-refractivity contribution in [3.63, 3.8) is 0 Å². The molecule has 1 N–H and O–H groups in total. The summed E-state index contributed by atoms with van der Waals surface area (Å²) in [6.45, 7) is 3.61. The van der Waals surface area contributed by atoms with E-state index in [-0.39, 0.29) is 23.6 Å². The summed E-state index contributed by atoms with van der Waals surface area (Å²) in [5.41, 5.74) is 2.46. The van der Waals surface area contributed by atoms with Crippen LogP contribution in [-0.2, 0) is 16.1 Å². The zero-order valence-electron chi connectivity index (χ0n) is 13.3. The van der Waals surface area contributed by atoms with Crippen molar-refractivity contribution in [2.75, 3.05) is 12.4 Å². The first-order valence-electron chi connectivity index (χ1n) is 7.07. The molecule has 0 saturated carbocycles. The van der Waals surface area contributed by atoms with Crippen LogP contribution in [-0.4, -0.2) is 23.6 Å². The number of methoxy groups -OCH3 is 1. The van der Waals surface area contributed by atoms with Crippen molar-refractivity contribution in [3.8, 4) is 0 Å². The molecule has 1 amide bonds. The van der Waals surface area contributed by atoms with Crippen LogP contribution in [0.25, 0.3) is 0 Å². The Hall–Kier alpha value is -2.89. The Morgan fingerprint density at radius 3 is 2.39 bits per heavy atom. The molecule has 0 radical (unpaired) electrons. The lowest BCUT2D eigenvalue weighted by Gasteiger charge is -2.12. The van der Waals surface area contributed by atoms with Crippen molar-refractivity contribution in [2.24, 2.45) is 0 Å². The van der Waals surface area contributed by atoms with E-state index >= 15 is 0 Å². The van der Waals surface area contributed by atoms with Gasteiger partial charge in [0, 0.05) is 18.0 Å². The average Bonchev–Trinajstić information content (AvgIpc) is 2.52. The molecular weight excluding hydrogens is 296 g/mol. The molecule has 6 heteroatoms. The van der Waals surface area contributed by atoms with E-state index in [4.69, 9.17) is 0 Å². The van der Waals surface area contributed by atoms with E-state index in [0.717, 1.165) is 16.8 Å². The molecule has 0 unspecified atom stereocenters. The maximum Gasteiger partial charge on any atom is 0.339 e. The van der Waals surface area contributed by atoms with Crippen LogP contribution in [0.2, 0.25) is 0 Å². The highest BCUT2D eigenvalue weighted by Gasteiger charge is 2.11. The number of hydrogen-bond donors (Lipinski definition) is 1. The van der Waals surface area contributed by atoms with Gasteiger partial charge in [0.05, 0.1) is 12.7 Å². The molecule has 0 bridgehead atoms. The number of ether oxygens (including phenoxy) is 1. The molecule has 120 valence electrons. The van der Waals surface area contributed by atoms with E-state index in [1.54, 1.807) is 0 Å². The summed E-state index contributed by atoms with van der Waals surface area (Å²) in [6, 6.07) is 8.30. The van der Waals surface area contributed by atoms with Crippen molar-refractivity contribution in [2.45, 2.75) is 20.4 Å². The van der Waals surface area contributed by atoms with Gasteiger partial charge < -0.3 is 14.6 Å². The molecule has 0 aliphatic heterocycles. The fourth-order valence-corrected chi connectivity index (χ4v) is 2.24. The van der Waals surface area contributed by atoms with Gasteiger partial charge in [-0.3, -0.25) is 9.59 Å². The third-order valence-electron chi connectivity index (χ3n) is 3.46. The summed E-state index contributed by atoms with van der Waals surface area (Å²) in [5, 5.41) is 2.80. The highest BCUT2D eigenvalue weighted by Crippen LogP contribution is 2.19. The lowest BCUT2D eigenvalue weighted by Crippen LogP contribution is -2.28. The average molecular weight is 314 g/mol. The van der Waals surface area contributed by atoms with Crippen molar-refractivity contribution < 1.29 is 14.3 Å². The molecule has 0 aliphatic carbocycles. The molecule has 2 rings (SSSR count). The number of hydrogen-bond acceptors (Lipinski definition) is 4. The second-order valence-corrected chi connectivity index (χ2v) is 5.19. The van der Waals surface area contributed by atoms with Gasteiger partial charge in [0.1, 0.15) is 6.54 Å². The molecule has 0 atom stereocenters. The van der Waals surface area contributed by atoms with Gasteiger partial charge in [-0.2, -0.15) is 0 Å². The number of aryl methyl sites for hydroxylation is 2. The highest BCUT2D eigenvalue weighted by atomic mass is 16.5. The van der Waals surface area contributed by atoms with Crippen LogP contribution in [0.5, 0.6) is 0 Å². The van der Waals surface area contributed by atoms with Crippen molar-refractivity contribution in [1.29, 1.82) is 0 Å². The SMILES string of the molecule is COC(=O)c1ccc(=O)n(CC(=O)Nc2c(C)cccc2C)c1. The summed E-state index contributed by atoms with van der Waals surface area (Å²) in [6.07, 6.45) is 1.32. The van der Waals surface area contributed by atoms with Gasteiger partial charge in [-0.05, 0) is 31.0 Å². The van der Waals surface area contributed by atoms with Crippen LogP contribution in [0.4, 0.5) is 5.69 Å². The third kappa shape index (κ3) is 3.85. The van der Waals surface area contributed by atoms with Crippen LogP contribution >= 0.6 is 0 Å². The molecule has 0 aliphatic rings. The van der Waals surface area contributed by atoms with Gasteiger partial charge in [0.2, 0.25) is 5.91 Å². The molecule has 1 aromatic heterocycles. The zero-order valence-corrected chi connectivity index (χ0v) is 13.3. The second kappa shape index (κ2) is 6.91. The monoisotopic (exact) mass is 314 g/mol. The van der Waals surface area contributed by atoms with E-state index in [0.29, 0.717) is 0 Å². The number of pyridine rings is 1. The van der Waals surface area contributed by atoms with Crippen molar-refractivity contribution in [3.05, 3.63) is 63.6 Å². The maximum atomic E-state index is 12.2. The normalized spacial score (nSPS) is 10.2. The van der Waals surface area contributed by atoms with E-state index in [9.17, 15) is 14.4 Å². The Labute approximate surface area is 133 Å². The molecular formula is C17H18N2O4. The molecule has 0 saturated heterocycles. The third-order valence-corrected chi connectivity index (χ3v) is 3.46. The second-order valence-electron chi connectivity index (χ2n) is 5.19. The summed E-state index contributed by atoms with van der Waals surface area (Å²) >= 11 is 0. The predicted molar refractivity (Wildman–Crippen MR) is 86.6 cm³/mol. The van der Waals surface area contributed by atoms with Gasteiger partial charge in [-0.25, -0.2) is 4.79 Å². The highest BCUT2D eigenvalue weighted by molar-refractivity contribution is 5.92. The summed E-state index contributed by atoms with van der Waals surface area (Å²) < 4.78 is 5.78. The standard InChI is InChI=1S/C17H18N2O4/c1-11-5-4-6-12(2)16(11)18-14(20)10-19-9-13(17(22)23-3)7-8-15(19)21/h4-9H,10H2,1-3H3,(H,18,20). The van der Waals surface area contributed by atoms with Crippen molar-refractivity contribution in [1.82, 2.24) is 4.57 Å². The van der Waals surface area contributed by atoms with Crippen LogP contribution in [0.15, 0.2) is 41.3 Å². The molecule has 1 aromatic carbocycles. The number of benzene rings is 1. The predicted octanol–water partition coefficient (Wildman–Crippen LogP) is 1.89. The summed E-state index contributed by atoms with van der Waals surface area (Å²) in [7, 11) is 1.26. The Morgan fingerprint density at radius 1 is 1.13 bits per heavy atom. The van der Waals surface area contributed by atoms with Crippen LogP contribution < -0.4 is 10.9 Å². The Kier molecular flexibility index (Phi) is 4.95. The molecule has 2 aromatic rings. The number of nitrogens with one attached hydrogen (secondary N) is 1. The van der Waals surface area contributed by atoms with Crippen LogP contribution in [0.1, 0.15) is 21.5 Å². The minimum absolute atomic E-state index is 0.183. The summed E-state index contributed by atoms with van der Waals surface area (Å²) in [5.74, 6) is -0.902. The molecule has 0 spiro atoms. The molecule has 0 fully saturated rings. The minimum atomic E-state index is -0.561. The van der Waals surface area contributed by atoms with E-state index in [2.05, 4.69) is 10.1 Å². The molecule has 23 heavy (non-hydrogen) atoms. The number of para-hydroxylation sites is 1. The largest absolute Gasteiger partial charge is 0.465 e. The number of carbonyl (C=O) groups excluding carboxylic acids is 2. The van der Waals surface area contributed by atoms with Gasteiger partial charge >= 0.3 is 5.97 Å². The van der Waals surface area contributed by atoms with E-state index < -0.39 is 5.97 Å². The number of carbonyl (C=O) groups is 2. The fraction of sp³-hybridized carbons (Fsp3) is 0.235. The topological polar surface area (TPSA) is 77.4 Å². The van der Waals surface area contributed by atoms with Crippen LogP contribution in [0.3, 0.4) is 0 Å². The number of esters is 1. The number of amides is 1. The maximum absolute atomic E-state index is 12.2. The van der Waals surface area contributed by atoms with Crippen molar-refractivity contribution >= 4 is 17.6 Å². The number of anilines is 1. The number of rotatable bonds is 4. The first-order valence-corrected chi connectivity index (χ1v) is 7.07. The Balaban J connectivity index is 2.20. The first-order chi connectivity index (χ1) is 10.9. The van der Waals surface area contributed by atoms with E-state index in [1.807, 2.05) is 32.0 Å². The molecule has 1 heterocycles. The lowest BCUT2D eigenvalue weighted by atomic mass is 10.1. The van der Waals surface area contributed by atoms with Gasteiger partial charge in [-0.15, -0.1) is 0 Å². The fourth-order valence-electron chi connectivity index (χ4n) is 2.24. The Morgan fingerprint density at radius 2 is 1.78 bits per heavy atom. The number of nitrogens with zero attached hydrogens (tertiary/aromatic N) is 1. The van der Waals surface area contributed by atoms with Crippen LogP contribution in [0, 0.1) is 13.8 Å². The van der Waals surface area contributed by atoms with E-state index in [1.165, 1.54) is 30.0 Å². The number of aromatic nitrogens is 1. The molecule has 6 nitrogen and oxygen atoms in total. The quantitative estimate of drug-likeness (QED) is 0.874.